The van der Waals surface area contributed by atoms with Gasteiger partial charge in [0.15, 0.2) is 0 Å². The largest absolute Gasteiger partial charge is 0.450 e. The van der Waals surface area contributed by atoms with Crippen molar-refractivity contribution in [2.24, 2.45) is 0 Å². The molecule has 3 atom stereocenters. The Labute approximate surface area is 215 Å². The number of amides is 1. The number of ether oxygens (including phenoxy) is 1. The summed E-state index contributed by atoms with van der Waals surface area (Å²) in [5.74, 6) is 0. The third-order valence-corrected chi connectivity index (χ3v) is 12.4. The summed E-state index contributed by atoms with van der Waals surface area (Å²) in [5.41, 5.74) is 1.82. The van der Waals surface area contributed by atoms with Crippen molar-refractivity contribution in [2.45, 2.75) is 109 Å². The van der Waals surface area contributed by atoms with E-state index >= 15 is 0 Å². The van der Waals surface area contributed by atoms with Gasteiger partial charge < -0.3 is 9.64 Å². The summed E-state index contributed by atoms with van der Waals surface area (Å²) in [7, 11) is -1.83. The number of likely N-dealkylation sites (tertiary alicyclic amines) is 1. The van der Waals surface area contributed by atoms with E-state index in [-0.39, 0.29) is 18.2 Å². The minimum atomic E-state index is -1.83. The van der Waals surface area contributed by atoms with Crippen LogP contribution in [0.1, 0.15) is 77.2 Å². The Morgan fingerprint density at radius 2 is 1.49 bits per heavy atom. The van der Waals surface area contributed by atoms with Gasteiger partial charge in [0.25, 0.3) is 0 Å². The van der Waals surface area contributed by atoms with Gasteiger partial charge in [-0.25, -0.2) is 4.79 Å². The van der Waals surface area contributed by atoms with Gasteiger partial charge >= 0.3 is 6.09 Å². The summed E-state index contributed by atoms with van der Waals surface area (Å²) >= 11 is 0. The normalized spacial score (nSPS) is 20.2. The molecule has 2 aromatic carbocycles. The van der Waals surface area contributed by atoms with Gasteiger partial charge in [-0.3, -0.25) is 0 Å². The fraction of sp³-hybridized carbons (Fsp3) is 0.581. The van der Waals surface area contributed by atoms with Gasteiger partial charge in [-0.15, -0.1) is 0 Å². The molecule has 192 valence electrons. The monoisotopic (exact) mass is 493 g/mol. The number of hydrogen-bond acceptors (Lipinski definition) is 2. The predicted octanol–water partition coefficient (Wildman–Crippen LogP) is 7.96. The van der Waals surface area contributed by atoms with E-state index in [2.05, 4.69) is 85.6 Å². The van der Waals surface area contributed by atoms with Crippen LogP contribution in [-0.4, -0.2) is 37.8 Å². The molecular weight excluding hydrogens is 446 g/mol. The highest BCUT2D eigenvalue weighted by Gasteiger charge is 2.51. The molecule has 3 rings (SSSR count). The summed E-state index contributed by atoms with van der Waals surface area (Å²) in [6, 6.07) is 22.3. The SMILES string of the molecule is CCCCCCCCC[C@@H]1C[C@H]([Si](C)(C)c2ccccc2)[C@H](Cc2ccccc2)N1C(=O)OCC. The van der Waals surface area contributed by atoms with E-state index in [1.165, 1.54) is 55.7 Å². The van der Waals surface area contributed by atoms with Crippen LogP contribution in [0.25, 0.3) is 0 Å². The van der Waals surface area contributed by atoms with E-state index in [0.29, 0.717) is 12.1 Å². The number of hydrogen-bond donors (Lipinski definition) is 0. The molecule has 1 fully saturated rings. The number of unbranched alkanes of at least 4 members (excludes halogenated alkanes) is 6. The average molecular weight is 494 g/mol. The second kappa shape index (κ2) is 13.9. The first kappa shape index (κ1) is 27.5. The van der Waals surface area contributed by atoms with Crippen molar-refractivity contribution >= 4 is 19.4 Å². The van der Waals surface area contributed by atoms with Crippen molar-refractivity contribution < 1.29 is 9.53 Å². The van der Waals surface area contributed by atoms with E-state index in [1.54, 1.807) is 0 Å². The van der Waals surface area contributed by atoms with Crippen LogP contribution in [0, 0.1) is 0 Å². The average Bonchev–Trinajstić information content (AvgIpc) is 3.23. The number of nitrogens with zero attached hydrogens (tertiary/aromatic N) is 1. The van der Waals surface area contributed by atoms with E-state index in [4.69, 9.17) is 4.74 Å². The Kier molecular flexibility index (Phi) is 10.9. The first-order valence-electron chi connectivity index (χ1n) is 14.0. The van der Waals surface area contributed by atoms with Gasteiger partial charge in [0.2, 0.25) is 0 Å². The van der Waals surface area contributed by atoms with Gasteiger partial charge in [0, 0.05) is 12.1 Å². The highest BCUT2D eigenvalue weighted by Crippen LogP contribution is 2.44. The zero-order valence-corrected chi connectivity index (χ0v) is 23.5. The van der Waals surface area contributed by atoms with Gasteiger partial charge in [0.1, 0.15) is 0 Å². The van der Waals surface area contributed by atoms with Gasteiger partial charge in [0.05, 0.1) is 14.7 Å². The van der Waals surface area contributed by atoms with Crippen LogP contribution >= 0.6 is 0 Å². The molecule has 35 heavy (non-hydrogen) atoms. The summed E-state index contributed by atoms with van der Waals surface area (Å²) in [6.45, 7) is 9.63. The number of carbonyl (C=O) groups excluding carboxylic acids is 1. The molecule has 1 saturated heterocycles. The molecule has 1 heterocycles. The second-order valence-corrected chi connectivity index (χ2v) is 15.6. The third-order valence-electron chi connectivity index (χ3n) is 8.09. The predicted molar refractivity (Wildman–Crippen MR) is 151 cm³/mol. The summed E-state index contributed by atoms with van der Waals surface area (Å²) in [5, 5.41) is 1.49. The summed E-state index contributed by atoms with van der Waals surface area (Å²) in [6.07, 6.45) is 12.1. The maximum absolute atomic E-state index is 13.4. The van der Waals surface area contributed by atoms with Gasteiger partial charge in [-0.2, -0.15) is 0 Å². The maximum Gasteiger partial charge on any atom is 0.410 e. The number of benzene rings is 2. The molecule has 0 saturated carbocycles. The Bertz CT molecular complexity index is 870. The minimum Gasteiger partial charge on any atom is -0.450 e. The van der Waals surface area contributed by atoms with Crippen molar-refractivity contribution in [3.8, 4) is 0 Å². The molecule has 1 aliphatic rings. The van der Waals surface area contributed by atoms with E-state index in [9.17, 15) is 4.79 Å². The number of carbonyl (C=O) groups is 1. The molecular formula is C31H47NO2Si. The van der Waals surface area contributed by atoms with E-state index in [1.807, 2.05) is 6.92 Å². The molecule has 0 radical (unpaired) electrons. The zero-order valence-electron chi connectivity index (χ0n) is 22.5. The van der Waals surface area contributed by atoms with Crippen LogP contribution in [0.4, 0.5) is 4.79 Å². The van der Waals surface area contributed by atoms with Crippen LogP contribution in [-0.2, 0) is 11.2 Å². The van der Waals surface area contributed by atoms with E-state index in [0.717, 1.165) is 19.3 Å². The van der Waals surface area contributed by atoms with Gasteiger partial charge in [-0.1, -0.05) is 131 Å². The summed E-state index contributed by atoms with van der Waals surface area (Å²) in [4.78, 5) is 15.6. The van der Waals surface area contributed by atoms with Gasteiger partial charge in [-0.05, 0) is 37.3 Å². The lowest BCUT2D eigenvalue weighted by Crippen LogP contribution is -2.52. The van der Waals surface area contributed by atoms with Crippen molar-refractivity contribution in [2.75, 3.05) is 6.61 Å². The van der Waals surface area contributed by atoms with E-state index < -0.39 is 8.07 Å². The van der Waals surface area contributed by atoms with Crippen LogP contribution in [0.3, 0.4) is 0 Å². The molecule has 0 aliphatic carbocycles. The summed E-state index contributed by atoms with van der Waals surface area (Å²) < 4.78 is 5.66. The standard InChI is InChI=1S/C31H47NO2Si/c1-5-7-8-9-10-11-16-21-27-25-30(35(3,4)28-22-17-13-18-23-28)29(32(27)31(33)34-6-2)24-26-19-14-12-15-20-26/h12-15,17-20,22-23,27,29-30H,5-11,16,21,24-25H2,1-4H3/t27-,29+,30+/m1/s1. The zero-order chi connectivity index (χ0) is 25.1. The molecule has 1 aliphatic heterocycles. The molecule has 4 heteroatoms. The molecule has 0 aromatic heterocycles. The fourth-order valence-corrected chi connectivity index (χ4v) is 9.64. The lowest BCUT2D eigenvalue weighted by atomic mass is 10.0. The molecule has 0 N–H and O–H groups in total. The lowest BCUT2D eigenvalue weighted by Gasteiger charge is -2.37. The Morgan fingerprint density at radius 3 is 2.11 bits per heavy atom. The Hall–Kier alpha value is -2.07. The van der Waals surface area contributed by atoms with Crippen LogP contribution < -0.4 is 5.19 Å². The Morgan fingerprint density at radius 1 is 0.886 bits per heavy atom. The third kappa shape index (κ3) is 7.46. The molecule has 0 bridgehead atoms. The van der Waals surface area contributed by atoms with Crippen LogP contribution in [0.5, 0.6) is 0 Å². The van der Waals surface area contributed by atoms with Crippen LogP contribution in [0.15, 0.2) is 60.7 Å². The quantitative estimate of drug-likeness (QED) is 0.209. The first-order valence-corrected chi connectivity index (χ1v) is 17.1. The molecule has 0 unspecified atom stereocenters. The van der Waals surface area contributed by atoms with Crippen molar-refractivity contribution in [3.63, 3.8) is 0 Å². The lowest BCUT2D eigenvalue weighted by molar-refractivity contribution is 0.0856. The minimum absolute atomic E-state index is 0.110. The molecule has 0 spiro atoms. The smallest absolute Gasteiger partial charge is 0.410 e. The van der Waals surface area contributed by atoms with Crippen LogP contribution in [0.2, 0.25) is 18.6 Å². The molecule has 3 nitrogen and oxygen atoms in total. The number of rotatable bonds is 13. The topological polar surface area (TPSA) is 29.5 Å². The maximum atomic E-state index is 13.4. The first-order chi connectivity index (χ1) is 17.0. The molecule has 1 amide bonds. The fourth-order valence-electron chi connectivity index (χ4n) is 6.06. The Balaban J connectivity index is 1.83. The second-order valence-electron chi connectivity index (χ2n) is 10.9. The van der Waals surface area contributed by atoms with Crippen molar-refractivity contribution in [1.29, 1.82) is 0 Å². The molecule has 2 aromatic rings. The van der Waals surface area contributed by atoms with Crippen molar-refractivity contribution in [1.82, 2.24) is 4.90 Å². The van der Waals surface area contributed by atoms with Crippen molar-refractivity contribution in [3.05, 3.63) is 66.2 Å². The highest BCUT2D eigenvalue weighted by atomic mass is 28.3. The highest BCUT2D eigenvalue weighted by molar-refractivity contribution is 6.91.